The van der Waals surface area contributed by atoms with Crippen molar-refractivity contribution in [3.05, 3.63) is 5.82 Å². The molecule has 0 aliphatic heterocycles. The number of rotatable bonds is 4. The molecule has 3 aliphatic carbocycles. The molecule has 0 spiro atoms. The van der Waals surface area contributed by atoms with Crippen LogP contribution in [0.25, 0.3) is 0 Å². The number of hydrogen-bond acceptors (Lipinski definition) is 6. The summed E-state index contributed by atoms with van der Waals surface area (Å²) in [5, 5.41) is 23.6. The van der Waals surface area contributed by atoms with E-state index in [1.54, 1.807) is 0 Å². The van der Waals surface area contributed by atoms with E-state index in [0.717, 1.165) is 31.5 Å². The third-order valence-electron chi connectivity index (χ3n) is 5.32. The number of nitrogens with one attached hydrogen (secondary N) is 1. The quantitative estimate of drug-likeness (QED) is 0.731. The zero-order valence-corrected chi connectivity index (χ0v) is 13.6. The molecule has 0 radical (unpaired) electrons. The molecule has 0 unspecified atom stereocenters. The van der Waals surface area contributed by atoms with Gasteiger partial charge in [0.15, 0.2) is 5.82 Å². The minimum Gasteiger partial charge on any atom is -0.481 e. The molecule has 0 aromatic carbocycles. The summed E-state index contributed by atoms with van der Waals surface area (Å²) in [6.45, 7) is 0. The maximum Gasteiger partial charge on any atom is 0.490 e. The van der Waals surface area contributed by atoms with Crippen molar-refractivity contribution < 1.29 is 37.5 Å². The van der Waals surface area contributed by atoms with Crippen LogP contribution in [0.3, 0.4) is 0 Å². The van der Waals surface area contributed by atoms with Crippen LogP contribution in [0.2, 0.25) is 0 Å². The van der Waals surface area contributed by atoms with E-state index >= 15 is 0 Å². The topological polar surface area (TPSA) is 126 Å². The summed E-state index contributed by atoms with van der Waals surface area (Å²) in [4.78, 5) is 24.5. The van der Waals surface area contributed by atoms with Gasteiger partial charge in [-0.15, -0.1) is 0 Å². The highest BCUT2D eigenvalue weighted by atomic mass is 19.4. The van der Waals surface area contributed by atoms with Crippen molar-refractivity contribution in [2.24, 2.45) is 11.3 Å². The van der Waals surface area contributed by atoms with Gasteiger partial charge < -0.3 is 20.1 Å². The highest BCUT2D eigenvalue weighted by molar-refractivity contribution is 5.79. The first-order valence-corrected chi connectivity index (χ1v) is 8.25. The zero-order valence-electron chi connectivity index (χ0n) is 13.6. The molecule has 3 aliphatic rings. The fourth-order valence-corrected chi connectivity index (χ4v) is 3.57. The van der Waals surface area contributed by atoms with Gasteiger partial charge in [0.1, 0.15) is 0 Å². The second-order valence-electron chi connectivity index (χ2n) is 7.03. The van der Waals surface area contributed by atoms with E-state index in [4.69, 9.17) is 14.4 Å². The molecule has 0 bridgehead atoms. The Labute approximate surface area is 145 Å². The average molecular weight is 377 g/mol. The molecule has 3 N–H and O–H groups in total. The van der Waals surface area contributed by atoms with E-state index in [9.17, 15) is 23.1 Å². The van der Waals surface area contributed by atoms with Crippen molar-refractivity contribution in [3.63, 3.8) is 0 Å². The number of fused-ring (bicyclic) bond motifs is 1. The Morgan fingerprint density at radius 1 is 1.23 bits per heavy atom. The summed E-state index contributed by atoms with van der Waals surface area (Å²) in [5.74, 6) is -1.82. The lowest BCUT2D eigenvalue weighted by Crippen LogP contribution is -2.22. The third-order valence-corrected chi connectivity index (χ3v) is 5.32. The Balaban J connectivity index is 0.000000242. The van der Waals surface area contributed by atoms with Crippen molar-refractivity contribution in [3.8, 4) is 0 Å². The van der Waals surface area contributed by atoms with Gasteiger partial charge in [0.2, 0.25) is 0 Å². The summed E-state index contributed by atoms with van der Waals surface area (Å²) in [6.07, 6.45) is 0.853. The molecule has 1 aromatic rings. The summed E-state index contributed by atoms with van der Waals surface area (Å²) in [7, 11) is 0. The van der Waals surface area contributed by atoms with Crippen LogP contribution in [-0.4, -0.2) is 44.5 Å². The first kappa shape index (κ1) is 18.5. The van der Waals surface area contributed by atoms with Crippen LogP contribution in [0, 0.1) is 11.3 Å². The molecule has 144 valence electrons. The van der Waals surface area contributed by atoms with Gasteiger partial charge in [-0.2, -0.15) is 18.2 Å². The molecule has 11 heteroatoms. The zero-order chi connectivity index (χ0) is 19.1. The number of halogens is 3. The van der Waals surface area contributed by atoms with Gasteiger partial charge in [0.25, 0.3) is 0 Å². The largest absolute Gasteiger partial charge is 0.490 e. The number of nitrogens with zero attached hydrogens (tertiary/aromatic N) is 2. The van der Waals surface area contributed by atoms with E-state index in [1.165, 1.54) is 6.42 Å². The Bertz CT molecular complexity index is 703. The smallest absolute Gasteiger partial charge is 0.481 e. The van der Waals surface area contributed by atoms with Crippen molar-refractivity contribution in [1.82, 2.24) is 10.1 Å². The van der Waals surface area contributed by atoms with Crippen LogP contribution in [-0.2, 0) is 9.59 Å². The first-order valence-electron chi connectivity index (χ1n) is 8.25. The van der Waals surface area contributed by atoms with Crippen molar-refractivity contribution in [2.75, 3.05) is 5.32 Å². The summed E-state index contributed by atoms with van der Waals surface area (Å²) in [6, 6.07) is 0.610. The van der Waals surface area contributed by atoms with E-state index in [-0.39, 0.29) is 6.04 Å². The standard InChI is InChI=1S/C13H17N3O3.C2HF3O2/c17-11(18)13-5-8(13)4-9(6-13)14-12-15-10(16-19-12)7-2-1-3-7;3-2(4,5)1(6)7/h7-9H,1-6H2,(H,17,18)(H,14,15,16);(H,6,7)/t8-,9+,13+;/m1./s1. The summed E-state index contributed by atoms with van der Waals surface area (Å²) in [5.41, 5.74) is -0.464. The number of carboxylic acid groups (broad SMARTS) is 2. The molecule has 1 heterocycles. The molecular formula is C15H18F3N3O5. The maximum absolute atomic E-state index is 11.2. The molecular weight excluding hydrogens is 359 g/mol. The highest BCUT2D eigenvalue weighted by Gasteiger charge is 2.65. The number of carboxylic acids is 2. The van der Waals surface area contributed by atoms with E-state index in [1.807, 2.05) is 0 Å². The van der Waals surface area contributed by atoms with Crippen LogP contribution < -0.4 is 5.32 Å². The number of carbonyl (C=O) groups is 2. The van der Waals surface area contributed by atoms with Crippen LogP contribution in [0.15, 0.2) is 4.52 Å². The van der Waals surface area contributed by atoms with Crippen LogP contribution in [0.5, 0.6) is 0 Å². The lowest BCUT2D eigenvalue weighted by atomic mass is 9.85. The van der Waals surface area contributed by atoms with Crippen LogP contribution in [0.4, 0.5) is 19.2 Å². The first-order chi connectivity index (χ1) is 12.1. The van der Waals surface area contributed by atoms with Gasteiger partial charge in [0, 0.05) is 12.0 Å². The molecule has 0 saturated heterocycles. The van der Waals surface area contributed by atoms with Crippen molar-refractivity contribution in [1.29, 1.82) is 0 Å². The molecule has 3 fully saturated rings. The minimum absolute atomic E-state index is 0.157. The number of hydrogen-bond donors (Lipinski definition) is 3. The fraction of sp³-hybridized carbons (Fsp3) is 0.733. The van der Waals surface area contributed by atoms with Crippen molar-refractivity contribution >= 4 is 18.0 Å². The lowest BCUT2D eigenvalue weighted by molar-refractivity contribution is -0.192. The average Bonchev–Trinajstić information content (AvgIpc) is 2.83. The second-order valence-corrected chi connectivity index (χ2v) is 7.03. The number of alkyl halides is 3. The predicted molar refractivity (Wildman–Crippen MR) is 79.4 cm³/mol. The summed E-state index contributed by atoms with van der Waals surface area (Å²) >= 11 is 0. The molecule has 1 aromatic heterocycles. The highest BCUT2D eigenvalue weighted by Crippen LogP contribution is 2.63. The molecule has 26 heavy (non-hydrogen) atoms. The predicted octanol–water partition coefficient (Wildman–Crippen LogP) is 2.64. The third kappa shape index (κ3) is 3.61. The molecule has 3 atom stereocenters. The number of aromatic nitrogens is 2. The molecule has 4 rings (SSSR count). The number of anilines is 1. The van der Waals surface area contributed by atoms with Crippen LogP contribution >= 0.6 is 0 Å². The molecule has 0 amide bonds. The van der Waals surface area contributed by atoms with E-state index < -0.39 is 23.5 Å². The number of aliphatic carboxylic acids is 2. The lowest BCUT2D eigenvalue weighted by Gasteiger charge is -2.21. The minimum atomic E-state index is -5.08. The fourth-order valence-electron chi connectivity index (χ4n) is 3.57. The summed E-state index contributed by atoms with van der Waals surface area (Å²) < 4.78 is 36.9. The van der Waals surface area contributed by atoms with Crippen LogP contribution in [0.1, 0.15) is 50.3 Å². The molecule has 8 nitrogen and oxygen atoms in total. The van der Waals surface area contributed by atoms with E-state index in [0.29, 0.717) is 24.3 Å². The van der Waals surface area contributed by atoms with Gasteiger partial charge in [-0.1, -0.05) is 11.6 Å². The molecule has 3 saturated carbocycles. The second kappa shape index (κ2) is 6.44. The van der Waals surface area contributed by atoms with Gasteiger partial charge in [-0.3, -0.25) is 4.79 Å². The van der Waals surface area contributed by atoms with Gasteiger partial charge in [0.05, 0.1) is 5.41 Å². The SMILES string of the molecule is O=C(O)C(F)(F)F.O=C(O)[C@@]12C[C@@H](Nc3nc(C4CCC4)no3)C[C@@H]1C2. The van der Waals surface area contributed by atoms with Crippen molar-refractivity contribution in [2.45, 2.75) is 56.7 Å². The van der Waals surface area contributed by atoms with Gasteiger partial charge >= 0.3 is 24.1 Å². The van der Waals surface area contributed by atoms with E-state index in [2.05, 4.69) is 15.5 Å². The Morgan fingerprint density at radius 3 is 2.35 bits per heavy atom. The monoisotopic (exact) mass is 377 g/mol. The Hall–Kier alpha value is -2.33. The Kier molecular flexibility index (Phi) is 4.57. The maximum atomic E-state index is 11.2. The Morgan fingerprint density at radius 2 is 1.88 bits per heavy atom. The van der Waals surface area contributed by atoms with Gasteiger partial charge in [-0.05, 0) is 38.0 Å². The van der Waals surface area contributed by atoms with Gasteiger partial charge in [-0.25, -0.2) is 4.79 Å². The normalized spacial score (nSPS) is 29.8.